The molecule has 1 aromatic heterocycles. The standard InChI is InChI=1S/C32H29F5N6O5/c1-3-9-47-20-7-8-21(23(14-20)32(35,36)37)29-38-15-19(16-39-29)28(31(44)48-13-12-46-11-10-45-2)43-18-26-25(17-40-43)41-30(42-26)22-5-4-6-24(33)27(22)34/h4-8,14-18,28H,3,9-13H2,1-2H3. The Labute approximate surface area is 271 Å². The fourth-order valence-electron chi connectivity index (χ4n) is 4.58. The number of benzene rings is 2. The van der Waals surface area contributed by atoms with Crippen LogP contribution in [-0.4, -0.2) is 75.8 Å². The number of hydrogen-bond donors (Lipinski definition) is 0. The highest BCUT2D eigenvalue weighted by molar-refractivity contribution is 5.78. The highest BCUT2D eigenvalue weighted by Gasteiger charge is 2.35. The topological polar surface area (TPSA) is 123 Å². The summed E-state index contributed by atoms with van der Waals surface area (Å²) in [5, 5.41) is 4.26. The summed E-state index contributed by atoms with van der Waals surface area (Å²) in [6.07, 6.45) is 0.869. The number of aromatic nitrogens is 6. The Morgan fingerprint density at radius 1 is 0.896 bits per heavy atom. The maximum absolute atomic E-state index is 14.4. The summed E-state index contributed by atoms with van der Waals surface area (Å²) in [4.78, 5) is 30.2. The molecular formula is C32H29F5N6O5. The van der Waals surface area contributed by atoms with Gasteiger partial charge in [0, 0.05) is 30.6 Å². The zero-order valence-corrected chi connectivity index (χ0v) is 25.7. The fraction of sp³-hybridized carbons (Fsp3) is 0.312. The lowest BCUT2D eigenvalue weighted by Crippen LogP contribution is -2.26. The lowest BCUT2D eigenvalue weighted by atomic mass is 10.1. The smallest absolute Gasteiger partial charge is 0.417 e. The first-order chi connectivity index (χ1) is 23.1. The molecule has 0 fully saturated rings. The van der Waals surface area contributed by atoms with Crippen molar-refractivity contribution in [1.82, 2.24) is 29.7 Å². The van der Waals surface area contributed by atoms with E-state index in [-0.39, 0.29) is 71.9 Å². The Hall–Kier alpha value is -5.09. The van der Waals surface area contributed by atoms with Crippen molar-refractivity contribution in [3.63, 3.8) is 0 Å². The third-order valence-electron chi connectivity index (χ3n) is 6.86. The monoisotopic (exact) mass is 672 g/mol. The second-order valence-electron chi connectivity index (χ2n) is 10.2. The first kappa shape index (κ1) is 34.3. The van der Waals surface area contributed by atoms with E-state index in [9.17, 15) is 26.7 Å². The molecule has 0 radical (unpaired) electrons. The molecule has 11 nitrogen and oxygen atoms in total. The Morgan fingerprint density at radius 3 is 2.38 bits per heavy atom. The third kappa shape index (κ3) is 7.88. The minimum absolute atomic E-state index is 0.0512. The fourth-order valence-corrected chi connectivity index (χ4v) is 4.58. The molecule has 0 saturated heterocycles. The molecule has 2 aliphatic heterocycles. The van der Waals surface area contributed by atoms with Crippen LogP contribution < -0.4 is 4.74 Å². The lowest BCUT2D eigenvalue weighted by molar-refractivity contribution is -0.148. The molecule has 16 heteroatoms. The number of hydrogen-bond acceptors (Lipinski definition) is 10. The second-order valence-corrected chi connectivity index (χ2v) is 10.2. The number of alkyl halides is 3. The van der Waals surface area contributed by atoms with Gasteiger partial charge in [-0.2, -0.15) is 18.3 Å². The van der Waals surface area contributed by atoms with E-state index in [0.29, 0.717) is 13.0 Å². The van der Waals surface area contributed by atoms with Gasteiger partial charge < -0.3 is 18.9 Å². The number of imidazole rings is 1. The summed E-state index contributed by atoms with van der Waals surface area (Å²) in [7, 11) is 1.51. The molecular weight excluding hydrogens is 643 g/mol. The van der Waals surface area contributed by atoms with Crippen molar-refractivity contribution >= 4 is 5.97 Å². The van der Waals surface area contributed by atoms with Gasteiger partial charge >= 0.3 is 12.1 Å². The minimum Gasteiger partial charge on any atom is -0.494 e. The van der Waals surface area contributed by atoms with Gasteiger partial charge in [0.1, 0.15) is 23.7 Å². The number of rotatable bonds is 14. The summed E-state index contributed by atoms with van der Waals surface area (Å²) < 4.78 is 92.6. The number of nitrogens with zero attached hydrogens (tertiary/aromatic N) is 6. The summed E-state index contributed by atoms with van der Waals surface area (Å²) >= 11 is 0. The molecule has 0 amide bonds. The van der Waals surface area contributed by atoms with E-state index in [0.717, 1.165) is 12.1 Å². The summed E-state index contributed by atoms with van der Waals surface area (Å²) in [5.41, 5.74) is -0.928. The zero-order valence-electron chi connectivity index (χ0n) is 25.7. The van der Waals surface area contributed by atoms with Crippen molar-refractivity contribution < 1.29 is 45.7 Å². The Bertz CT molecular complexity index is 1820. The zero-order chi connectivity index (χ0) is 34.3. The molecule has 0 saturated carbocycles. The van der Waals surface area contributed by atoms with Gasteiger partial charge in [-0.3, -0.25) is 4.68 Å². The second kappa shape index (κ2) is 15.2. The van der Waals surface area contributed by atoms with E-state index in [1.54, 1.807) is 0 Å². The van der Waals surface area contributed by atoms with Crippen molar-refractivity contribution in [3.8, 4) is 39.9 Å². The number of esters is 1. The number of carbonyl (C=O) groups is 1. The number of carbonyl (C=O) groups excluding carboxylic acids is 1. The first-order valence-electron chi connectivity index (χ1n) is 14.7. The number of halogens is 5. The Kier molecular flexibility index (Phi) is 10.9. The van der Waals surface area contributed by atoms with Gasteiger partial charge in [-0.15, -0.1) is 0 Å². The van der Waals surface area contributed by atoms with Crippen molar-refractivity contribution in [3.05, 3.63) is 83.9 Å². The molecule has 252 valence electrons. The highest BCUT2D eigenvalue weighted by atomic mass is 19.4. The molecule has 48 heavy (non-hydrogen) atoms. The van der Waals surface area contributed by atoms with Crippen molar-refractivity contribution in [2.45, 2.75) is 25.6 Å². The predicted octanol–water partition coefficient (Wildman–Crippen LogP) is 5.78. The van der Waals surface area contributed by atoms with Crippen LogP contribution in [0.25, 0.3) is 34.2 Å². The van der Waals surface area contributed by atoms with Crippen LogP contribution in [-0.2, 0) is 25.2 Å². The maximum Gasteiger partial charge on any atom is 0.417 e. The van der Waals surface area contributed by atoms with Crippen molar-refractivity contribution in [2.24, 2.45) is 0 Å². The SMILES string of the molecule is CCCOc1ccc(-c2ncc(C(C(=O)OCCOCCOC)n3cc4nc(-c5cccc(F)c5F)nc-4cn3)cn2)c(C(F)(F)F)c1. The Morgan fingerprint density at radius 2 is 1.65 bits per heavy atom. The van der Waals surface area contributed by atoms with Crippen molar-refractivity contribution in [1.29, 1.82) is 0 Å². The van der Waals surface area contributed by atoms with E-state index in [1.165, 1.54) is 60.8 Å². The van der Waals surface area contributed by atoms with Crippen LogP contribution in [0.4, 0.5) is 22.0 Å². The van der Waals surface area contributed by atoms with Crippen LogP contribution in [0.15, 0.2) is 61.2 Å². The van der Waals surface area contributed by atoms with Gasteiger partial charge in [-0.25, -0.2) is 33.5 Å². The largest absolute Gasteiger partial charge is 0.494 e. The van der Waals surface area contributed by atoms with E-state index in [4.69, 9.17) is 18.9 Å². The van der Waals surface area contributed by atoms with Crippen molar-refractivity contribution in [2.75, 3.05) is 40.1 Å². The normalized spacial score (nSPS) is 12.3. The van der Waals surface area contributed by atoms with Gasteiger partial charge in [0.25, 0.3) is 0 Å². The third-order valence-corrected chi connectivity index (χ3v) is 6.86. The predicted molar refractivity (Wildman–Crippen MR) is 160 cm³/mol. The minimum atomic E-state index is -4.73. The molecule has 1 atom stereocenters. The number of fused-ring (bicyclic) bond motifs is 1. The molecule has 2 aromatic carbocycles. The van der Waals surface area contributed by atoms with Gasteiger partial charge in [0.2, 0.25) is 0 Å². The molecule has 0 bridgehead atoms. The van der Waals surface area contributed by atoms with Crippen LogP contribution in [0, 0.1) is 11.6 Å². The molecule has 0 N–H and O–H groups in total. The van der Waals surface area contributed by atoms with Gasteiger partial charge in [0.05, 0.1) is 49.9 Å². The Balaban J connectivity index is 1.48. The molecule has 3 aromatic rings. The highest BCUT2D eigenvalue weighted by Crippen LogP contribution is 2.38. The van der Waals surface area contributed by atoms with E-state index in [1.807, 2.05) is 6.92 Å². The van der Waals surface area contributed by atoms with Gasteiger partial charge in [-0.05, 0) is 36.8 Å². The molecule has 1 unspecified atom stereocenters. The van der Waals surface area contributed by atoms with Crippen LogP contribution >= 0.6 is 0 Å². The molecule has 2 aliphatic rings. The molecule has 0 spiro atoms. The van der Waals surface area contributed by atoms with E-state index < -0.39 is 35.4 Å². The average Bonchev–Trinajstić information content (AvgIpc) is 3.50. The average molecular weight is 673 g/mol. The van der Waals surface area contributed by atoms with Crippen LogP contribution in [0.1, 0.15) is 30.5 Å². The summed E-state index contributed by atoms with van der Waals surface area (Å²) in [6.45, 7) is 2.61. The molecule has 0 aliphatic carbocycles. The lowest BCUT2D eigenvalue weighted by Gasteiger charge is -2.19. The van der Waals surface area contributed by atoms with Crippen LogP contribution in [0.5, 0.6) is 5.75 Å². The summed E-state index contributed by atoms with van der Waals surface area (Å²) in [6, 6.07) is 5.76. The molecule has 3 heterocycles. The van der Waals surface area contributed by atoms with Gasteiger partial charge in [0.15, 0.2) is 29.3 Å². The van der Waals surface area contributed by atoms with Crippen LogP contribution in [0.2, 0.25) is 0 Å². The maximum atomic E-state index is 14.4. The van der Waals surface area contributed by atoms with E-state index >= 15 is 0 Å². The van der Waals surface area contributed by atoms with Gasteiger partial charge in [-0.1, -0.05) is 13.0 Å². The van der Waals surface area contributed by atoms with E-state index in [2.05, 4.69) is 25.0 Å². The first-order valence-corrected chi connectivity index (χ1v) is 14.7. The summed E-state index contributed by atoms with van der Waals surface area (Å²) in [5.74, 6) is -3.32. The number of methoxy groups -OCH3 is 1. The van der Waals surface area contributed by atoms with Crippen LogP contribution in [0.3, 0.4) is 0 Å². The molecule has 5 rings (SSSR count). The quantitative estimate of drug-likeness (QED) is 0.0815. The number of ether oxygens (including phenoxy) is 4.